The predicted molar refractivity (Wildman–Crippen MR) is 151 cm³/mol. The fourth-order valence-electron chi connectivity index (χ4n) is 4.87. The van der Waals surface area contributed by atoms with Crippen molar-refractivity contribution in [2.45, 2.75) is 25.4 Å². The zero-order valence-electron chi connectivity index (χ0n) is 22.0. The summed E-state index contributed by atoms with van der Waals surface area (Å²) >= 11 is 0. The van der Waals surface area contributed by atoms with E-state index in [-0.39, 0.29) is 24.4 Å². The maximum Gasteiger partial charge on any atom is 0.330 e. The lowest BCUT2D eigenvalue weighted by molar-refractivity contribution is -0.137. The molecule has 0 saturated carbocycles. The van der Waals surface area contributed by atoms with E-state index < -0.39 is 0 Å². The average molecular weight is 521 g/mol. The fourth-order valence-corrected chi connectivity index (χ4v) is 4.87. The van der Waals surface area contributed by atoms with Gasteiger partial charge in [0.15, 0.2) is 0 Å². The van der Waals surface area contributed by atoms with Crippen LogP contribution in [0.1, 0.15) is 41.0 Å². The van der Waals surface area contributed by atoms with Gasteiger partial charge in [-0.1, -0.05) is 78.9 Å². The first-order valence-electron chi connectivity index (χ1n) is 13.3. The van der Waals surface area contributed by atoms with Crippen molar-refractivity contribution in [3.8, 4) is 17.2 Å². The van der Waals surface area contributed by atoms with Crippen LogP contribution < -0.4 is 14.2 Å². The molecule has 0 saturated heterocycles. The van der Waals surface area contributed by atoms with Crippen LogP contribution in [-0.2, 0) is 16.1 Å². The second-order valence-corrected chi connectivity index (χ2v) is 9.31. The van der Waals surface area contributed by atoms with Gasteiger partial charge in [-0.3, -0.25) is 0 Å². The van der Waals surface area contributed by atoms with E-state index in [0.29, 0.717) is 19.8 Å². The molecular weight excluding hydrogens is 488 g/mol. The Kier molecular flexibility index (Phi) is 8.59. The van der Waals surface area contributed by atoms with E-state index in [9.17, 15) is 4.79 Å². The third-order valence-corrected chi connectivity index (χ3v) is 6.74. The molecule has 1 aliphatic heterocycles. The van der Waals surface area contributed by atoms with E-state index >= 15 is 0 Å². The molecule has 4 aromatic rings. The lowest BCUT2D eigenvalue weighted by Crippen LogP contribution is -2.25. The molecule has 2 atom stereocenters. The van der Waals surface area contributed by atoms with Gasteiger partial charge in [-0.15, -0.1) is 0 Å². The fraction of sp³-hybridized carbons (Fsp3) is 0.206. The zero-order chi connectivity index (χ0) is 26.9. The first kappa shape index (κ1) is 26.1. The van der Waals surface area contributed by atoms with Crippen molar-refractivity contribution in [1.82, 2.24) is 0 Å². The number of esters is 1. The molecule has 1 heterocycles. The van der Waals surface area contributed by atoms with Crippen molar-refractivity contribution < 1.29 is 23.7 Å². The van der Waals surface area contributed by atoms with Crippen LogP contribution in [-0.4, -0.2) is 25.8 Å². The Balaban J connectivity index is 1.36. The number of carbonyl (C=O) groups excluding carboxylic acids is 1. The van der Waals surface area contributed by atoms with Gasteiger partial charge in [0.1, 0.15) is 30.5 Å². The van der Waals surface area contributed by atoms with Gasteiger partial charge in [0, 0.05) is 29.5 Å². The molecule has 198 valence electrons. The molecule has 1 aliphatic rings. The third kappa shape index (κ3) is 6.68. The molecule has 0 radical (unpaired) electrons. The standard InChI is InChI=1S/C34H32O5/c1-2-36-33(35)14-9-21-37-28-17-15-27(16-18-28)34-30-20-19-29(38-23-25-10-5-3-6-11-25)22-32(30)39-24-31(34)26-12-7-4-8-13-26/h3-20,22,31,34H,2,21,23-24H2,1H3. The number of carbonyl (C=O) groups is 1. The topological polar surface area (TPSA) is 54.0 Å². The molecule has 0 fully saturated rings. The number of rotatable bonds is 10. The Hall–Kier alpha value is -4.51. The maximum atomic E-state index is 11.5. The van der Waals surface area contributed by atoms with Crippen molar-refractivity contribution in [3.63, 3.8) is 0 Å². The minimum absolute atomic E-state index is 0.108. The van der Waals surface area contributed by atoms with E-state index in [1.807, 2.05) is 48.5 Å². The third-order valence-electron chi connectivity index (χ3n) is 6.74. The maximum absolute atomic E-state index is 11.5. The lowest BCUT2D eigenvalue weighted by atomic mass is 9.76. The van der Waals surface area contributed by atoms with Crippen LogP contribution in [0.25, 0.3) is 0 Å². The van der Waals surface area contributed by atoms with Crippen molar-refractivity contribution in [1.29, 1.82) is 0 Å². The summed E-state index contributed by atoms with van der Waals surface area (Å²) in [7, 11) is 0. The first-order chi connectivity index (χ1) is 19.2. The predicted octanol–water partition coefficient (Wildman–Crippen LogP) is 7.07. The van der Waals surface area contributed by atoms with Gasteiger partial charge in [-0.25, -0.2) is 4.79 Å². The summed E-state index contributed by atoms with van der Waals surface area (Å²) in [6.45, 7) is 3.50. The van der Waals surface area contributed by atoms with Crippen molar-refractivity contribution in [2.75, 3.05) is 19.8 Å². The van der Waals surface area contributed by atoms with Gasteiger partial charge >= 0.3 is 5.97 Å². The Labute approximate surface area is 229 Å². The van der Waals surface area contributed by atoms with Crippen LogP contribution in [0.15, 0.2) is 115 Å². The normalized spacial score (nSPS) is 16.2. The summed E-state index contributed by atoms with van der Waals surface area (Å²) in [4.78, 5) is 11.5. The summed E-state index contributed by atoms with van der Waals surface area (Å²) in [6, 6.07) is 35.0. The van der Waals surface area contributed by atoms with E-state index in [1.165, 1.54) is 17.2 Å². The van der Waals surface area contributed by atoms with Crippen LogP contribution in [0.4, 0.5) is 0 Å². The largest absolute Gasteiger partial charge is 0.492 e. The summed E-state index contributed by atoms with van der Waals surface area (Å²) in [5, 5.41) is 0. The molecule has 5 heteroatoms. The van der Waals surface area contributed by atoms with Crippen molar-refractivity contribution >= 4 is 5.97 Å². The Morgan fingerprint density at radius 1 is 0.846 bits per heavy atom. The molecule has 0 N–H and O–H groups in total. The van der Waals surface area contributed by atoms with Crippen LogP contribution in [0.5, 0.6) is 17.2 Å². The average Bonchev–Trinajstić information content (AvgIpc) is 2.99. The van der Waals surface area contributed by atoms with Crippen LogP contribution in [0.2, 0.25) is 0 Å². The number of hydrogen-bond acceptors (Lipinski definition) is 5. The van der Waals surface area contributed by atoms with Crippen LogP contribution in [0.3, 0.4) is 0 Å². The highest BCUT2D eigenvalue weighted by atomic mass is 16.5. The van der Waals surface area contributed by atoms with Gasteiger partial charge in [0.2, 0.25) is 0 Å². The molecule has 39 heavy (non-hydrogen) atoms. The van der Waals surface area contributed by atoms with Gasteiger partial charge < -0.3 is 18.9 Å². The minimum Gasteiger partial charge on any atom is -0.492 e. The molecular formula is C34H32O5. The van der Waals surface area contributed by atoms with E-state index in [0.717, 1.165) is 28.4 Å². The molecule has 0 aliphatic carbocycles. The summed E-state index contributed by atoms with van der Waals surface area (Å²) in [5.74, 6) is 2.28. The van der Waals surface area contributed by atoms with Gasteiger partial charge in [-0.05, 0) is 47.9 Å². The SMILES string of the molecule is CCOC(=O)C=CCOc1ccc(C2c3ccc(OCc4ccccc4)cc3OCC2c2ccccc2)cc1. The molecule has 5 rings (SSSR count). The molecule has 2 unspecified atom stereocenters. The minimum atomic E-state index is -0.366. The highest BCUT2D eigenvalue weighted by molar-refractivity contribution is 5.81. The highest BCUT2D eigenvalue weighted by Crippen LogP contribution is 2.47. The smallest absolute Gasteiger partial charge is 0.330 e. The zero-order valence-corrected chi connectivity index (χ0v) is 22.0. The van der Waals surface area contributed by atoms with Gasteiger partial charge in [0.25, 0.3) is 0 Å². The molecule has 5 nitrogen and oxygen atoms in total. The Bertz CT molecular complexity index is 1380. The van der Waals surface area contributed by atoms with Gasteiger partial charge in [-0.2, -0.15) is 0 Å². The highest BCUT2D eigenvalue weighted by Gasteiger charge is 2.33. The summed E-state index contributed by atoms with van der Waals surface area (Å²) < 4.78 is 23.1. The van der Waals surface area contributed by atoms with Crippen molar-refractivity contribution in [2.24, 2.45) is 0 Å². The number of benzene rings is 4. The Morgan fingerprint density at radius 3 is 2.31 bits per heavy atom. The second-order valence-electron chi connectivity index (χ2n) is 9.31. The van der Waals surface area contributed by atoms with E-state index in [1.54, 1.807) is 13.0 Å². The lowest BCUT2D eigenvalue weighted by Gasteiger charge is -2.34. The van der Waals surface area contributed by atoms with E-state index in [2.05, 4.69) is 54.6 Å². The van der Waals surface area contributed by atoms with Gasteiger partial charge in [0.05, 0.1) is 13.2 Å². The molecule has 0 aromatic heterocycles. The van der Waals surface area contributed by atoms with Crippen LogP contribution >= 0.6 is 0 Å². The monoisotopic (exact) mass is 520 g/mol. The van der Waals surface area contributed by atoms with Crippen LogP contribution in [0, 0.1) is 0 Å². The van der Waals surface area contributed by atoms with Crippen molar-refractivity contribution in [3.05, 3.63) is 138 Å². The summed E-state index contributed by atoms with van der Waals surface area (Å²) in [5.41, 5.74) is 4.67. The second kappa shape index (κ2) is 12.8. The van der Waals surface area contributed by atoms with E-state index in [4.69, 9.17) is 18.9 Å². The summed E-state index contributed by atoms with van der Waals surface area (Å²) in [6.07, 6.45) is 3.04. The molecule has 0 bridgehead atoms. The molecule has 0 amide bonds. The molecule has 4 aromatic carbocycles. The first-order valence-corrected chi connectivity index (χ1v) is 13.3. The quantitative estimate of drug-likeness (QED) is 0.165. The number of hydrogen-bond donors (Lipinski definition) is 0. The number of ether oxygens (including phenoxy) is 4. The molecule has 0 spiro atoms. The Morgan fingerprint density at radius 2 is 1.56 bits per heavy atom. The number of fused-ring (bicyclic) bond motifs is 1.